The molecule has 7 heteroatoms. The van der Waals surface area contributed by atoms with Gasteiger partial charge in [-0.1, -0.05) is 6.07 Å². The third-order valence-corrected chi connectivity index (χ3v) is 4.02. The Hall–Kier alpha value is -3.61. The average Bonchev–Trinajstić information content (AvgIpc) is 3.43. The molecule has 6 nitrogen and oxygen atoms in total. The van der Waals surface area contributed by atoms with Gasteiger partial charge >= 0.3 is 0 Å². The zero-order valence-corrected chi connectivity index (χ0v) is 14.3. The number of rotatable bonds is 6. The molecule has 4 aromatic rings. The molecular formula is C20H16FN3O3. The van der Waals surface area contributed by atoms with Crippen molar-refractivity contribution in [1.29, 1.82) is 0 Å². The Balaban J connectivity index is 1.59. The molecule has 0 spiro atoms. The molecule has 3 heterocycles. The van der Waals surface area contributed by atoms with Crippen LogP contribution in [0.5, 0.6) is 0 Å². The van der Waals surface area contributed by atoms with Crippen LogP contribution in [0.1, 0.15) is 22.0 Å². The van der Waals surface area contributed by atoms with E-state index in [1.807, 2.05) is 0 Å². The molecule has 1 amide bonds. The SMILES string of the molecule is O=C(c1ccn(-c2cccc(F)c2)n1)N(Cc1ccco1)Cc1ccco1. The van der Waals surface area contributed by atoms with E-state index in [0.717, 1.165) is 0 Å². The zero-order valence-electron chi connectivity index (χ0n) is 14.3. The molecule has 0 fully saturated rings. The number of aromatic nitrogens is 2. The second kappa shape index (κ2) is 7.33. The van der Waals surface area contributed by atoms with Crippen molar-refractivity contribution >= 4 is 5.91 Å². The number of halogens is 1. The van der Waals surface area contributed by atoms with Gasteiger partial charge in [0.15, 0.2) is 5.69 Å². The fourth-order valence-electron chi connectivity index (χ4n) is 2.74. The number of benzene rings is 1. The van der Waals surface area contributed by atoms with E-state index in [1.165, 1.54) is 16.8 Å². The van der Waals surface area contributed by atoms with Gasteiger partial charge in [0.1, 0.15) is 17.3 Å². The van der Waals surface area contributed by atoms with E-state index >= 15 is 0 Å². The molecule has 0 unspecified atom stereocenters. The molecule has 3 aromatic heterocycles. The highest BCUT2D eigenvalue weighted by Crippen LogP contribution is 2.16. The molecular weight excluding hydrogens is 349 g/mol. The monoisotopic (exact) mass is 365 g/mol. The summed E-state index contributed by atoms with van der Waals surface area (Å²) in [7, 11) is 0. The van der Waals surface area contributed by atoms with Crippen molar-refractivity contribution in [2.24, 2.45) is 0 Å². The number of hydrogen-bond donors (Lipinski definition) is 0. The van der Waals surface area contributed by atoms with Gasteiger partial charge in [-0.25, -0.2) is 9.07 Å². The summed E-state index contributed by atoms with van der Waals surface area (Å²) in [5, 5.41) is 4.30. The standard InChI is InChI=1S/C20H16FN3O3/c21-15-4-1-5-16(12-15)24-9-8-19(22-24)20(25)23(13-17-6-2-10-26-17)14-18-7-3-11-27-18/h1-12H,13-14H2. The highest BCUT2D eigenvalue weighted by atomic mass is 19.1. The van der Waals surface area contributed by atoms with Gasteiger partial charge in [-0.2, -0.15) is 5.10 Å². The van der Waals surface area contributed by atoms with E-state index in [-0.39, 0.29) is 30.5 Å². The van der Waals surface area contributed by atoms with Gasteiger partial charge in [0.05, 0.1) is 31.3 Å². The molecule has 0 radical (unpaired) electrons. The van der Waals surface area contributed by atoms with Crippen molar-refractivity contribution in [1.82, 2.24) is 14.7 Å². The van der Waals surface area contributed by atoms with Crippen molar-refractivity contribution in [3.05, 3.63) is 96.4 Å². The summed E-state index contributed by atoms with van der Waals surface area (Å²) < 4.78 is 25.6. The van der Waals surface area contributed by atoms with Gasteiger partial charge in [0.25, 0.3) is 5.91 Å². The van der Waals surface area contributed by atoms with Crippen LogP contribution in [0.25, 0.3) is 5.69 Å². The van der Waals surface area contributed by atoms with Crippen LogP contribution < -0.4 is 0 Å². The summed E-state index contributed by atoms with van der Waals surface area (Å²) >= 11 is 0. The minimum atomic E-state index is -0.367. The molecule has 0 aliphatic carbocycles. The predicted octanol–water partition coefficient (Wildman–Crippen LogP) is 4.04. The van der Waals surface area contributed by atoms with Crippen LogP contribution in [0, 0.1) is 5.82 Å². The first-order valence-corrected chi connectivity index (χ1v) is 8.35. The maximum Gasteiger partial charge on any atom is 0.275 e. The minimum absolute atomic E-state index is 0.248. The Labute approximate surface area is 154 Å². The number of hydrogen-bond acceptors (Lipinski definition) is 4. The van der Waals surface area contributed by atoms with E-state index in [4.69, 9.17) is 8.83 Å². The second-order valence-corrected chi connectivity index (χ2v) is 5.95. The summed E-state index contributed by atoms with van der Waals surface area (Å²) in [5.74, 6) is 0.657. The summed E-state index contributed by atoms with van der Waals surface area (Å²) in [6, 6.07) is 14.7. The van der Waals surface area contributed by atoms with Crippen LogP contribution in [-0.4, -0.2) is 20.6 Å². The second-order valence-electron chi connectivity index (χ2n) is 5.95. The highest BCUT2D eigenvalue weighted by molar-refractivity contribution is 5.92. The van der Waals surface area contributed by atoms with Crippen LogP contribution in [0.4, 0.5) is 4.39 Å². The summed E-state index contributed by atoms with van der Waals surface area (Å²) in [4.78, 5) is 14.6. The van der Waals surface area contributed by atoms with Crippen LogP contribution in [0.3, 0.4) is 0 Å². The number of carbonyl (C=O) groups excluding carboxylic acids is 1. The van der Waals surface area contributed by atoms with Gasteiger partial charge in [0, 0.05) is 6.20 Å². The van der Waals surface area contributed by atoms with E-state index in [9.17, 15) is 9.18 Å². The van der Waals surface area contributed by atoms with E-state index in [1.54, 1.807) is 66.1 Å². The maximum atomic E-state index is 13.4. The van der Waals surface area contributed by atoms with E-state index in [2.05, 4.69) is 5.10 Å². The van der Waals surface area contributed by atoms with Gasteiger partial charge in [0.2, 0.25) is 0 Å². The first kappa shape index (κ1) is 16.8. The Morgan fingerprint density at radius 1 is 1.00 bits per heavy atom. The molecule has 136 valence electrons. The van der Waals surface area contributed by atoms with Crippen molar-refractivity contribution in [2.75, 3.05) is 0 Å². The molecule has 0 aliphatic rings. The predicted molar refractivity (Wildman–Crippen MR) is 94.5 cm³/mol. The van der Waals surface area contributed by atoms with Crippen molar-refractivity contribution < 1.29 is 18.0 Å². The van der Waals surface area contributed by atoms with Gasteiger partial charge < -0.3 is 13.7 Å². The van der Waals surface area contributed by atoms with Gasteiger partial charge in [-0.3, -0.25) is 4.79 Å². The molecule has 1 aromatic carbocycles. The summed E-state index contributed by atoms with van der Waals surface area (Å²) in [5.41, 5.74) is 0.787. The fourth-order valence-corrected chi connectivity index (χ4v) is 2.74. The Kier molecular flexibility index (Phi) is 4.57. The van der Waals surface area contributed by atoms with Crippen LogP contribution in [-0.2, 0) is 13.1 Å². The number of furan rings is 2. The Bertz CT molecular complexity index is 986. The molecule has 27 heavy (non-hydrogen) atoms. The average molecular weight is 365 g/mol. The lowest BCUT2D eigenvalue weighted by Gasteiger charge is -2.19. The highest BCUT2D eigenvalue weighted by Gasteiger charge is 2.21. The zero-order chi connectivity index (χ0) is 18.6. The molecule has 0 saturated carbocycles. The molecule has 0 bridgehead atoms. The minimum Gasteiger partial charge on any atom is -0.467 e. The quantitative estimate of drug-likeness (QED) is 0.517. The van der Waals surface area contributed by atoms with Crippen molar-refractivity contribution in [3.8, 4) is 5.69 Å². The smallest absolute Gasteiger partial charge is 0.275 e. The topological polar surface area (TPSA) is 64.4 Å². The van der Waals surface area contributed by atoms with Crippen molar-refractivity contribution in [3.63, 3.8) is 0 Å². The Morgan fingerprint density at radius 3 is 2.30 bits per heavy atom. The third-order valence-electron chi connectivity index (χ3n) is 4.02. The Morgan fingerprint density at radius 2 is 1.70 bits per heavy atom. The molecule has 0 N–H and O–H groups in total. The van der Waals surface area contributed by atoms with Gasteiger partial charge in [-0.15, -0.1) is 0 Å². The van der Waals surface area contributed by atoms with Crippen molar-refractivity contribution in [2.45, 2.75) is 13.1 Å². The number of nitrogens with zero attached hydrogens (tertiary/aromatic N) is 3. The van der Waals surface area contributed by atoms with Crippen LogP contribution >= 0.6 is 0 Å². The normalized spacial score (nSPS) is 10.9. The first-order chi connectivity index (χ1) is 13.2. The lowest BCUT2D eigenvalue weighted by atomic mass is 10.3. The molecule has 0 aliphatic heterocycles. The van der Waals surface area contributed by atoms with Gasteiger partial charge in [-0.05, 0) is 48.5 Å². The lowest BCUT2D eigenvalue weighted by molar-refractivity contribution is 0.0698. The fraction of sp³-hybridized carbons (Fsp3) is 0.100. The van der Waals surface area contributed by atoms with E-state index in [0.29, 0.717) is 17.2 Å². The number of carbonyl (C=O) groups is 1. The van der Waals surface area contributed by atoms with E-state index < -0.39 is 0 Å². The molecule has 0 atom stereocenters. The number of amides is 1. The largest absolute Gasteiger partial charge is 0.467 e. The lowest BCUT2D eigenvalue weighted by Crippen LogP contribution is -2.30. The van der Waals surface area contributed by atoms with Crippen LogP contribution in [0.2, 0.25) is 0 Å². The third kappa shape index (κ3) is 3.82. The molecule has 0 saturated heterocycles. The maximum absolute atomic E-state index is 13.4. The first-order valence-electron chi connectivity index (χ1n) is 8.35. The summed E-state index contributed by atoms with van der Waals surface area (Å²) in [6.45, 7) is 0.554. The van der Waals surface area contributed by atoms with Crippen LogP contribution in [0.15, 0.2) is 82.2 Å². The molecule has 4 rings (SSSR count). The summed E-state index contributed by atoms with van der Waals surface area (Å²) in [6.07, 6.45) is 4.74.